The maximum absolute atomic E-state index is 13.7. The maximum atomic E-state index is 13.7. The second-order valence-electron chi connectivity index (χ2n) is 8.80. The minimum absolute atomic E-state index is 0.0253. The molecule has 6 heteroatoms. The highest BCUT2D eigenvalue weighted by molar-refractivity contribution is 5.99. The van der Waals surface area contributed by atoms with Crippen LogP contribution >= 0.6 is 0 Å². The van der Waals surface area contributed by atoms with Crippen molar-refractivity contribution in [1.29, 1.82) is 0 Å². The number of oxime groups is 1. The molecule has 0 N–H and O–H groups in total. The molecule has 0 spiro atoms. The lowest BCUT2D eigenvalue weighted by Crippen LogP contribution is -2.15. The van der Waals surface area contributed by atoms with Crippen LogP contribution in [0.3, 0.4) is 0 Å². The Morgan fingerprint density at radius 3 is 2.22 bits per heavy atom. The number of rotatable bonds is 7. The van der Waals surface area contributed by atoms with Gasteiger partial charge in [-0.25, -0.2) is 0 Å². The second-order valence-corrected chi connectivity index (χ2v) is 8.80. The molecule has 1 saturated carbocycles. The Morgan fingerprint density at radius 2 is 1.67 bits per heavy atom. The highest BCUT2D eigenvalue weighted by Crippen LogP contribution is 2.41. The van der Waals surface area contributed by atoms with Crippen LogP contribution in [0.25, 0.3) is 0 Å². The van der Waals surface area contributed by atoms with Crippen molar-refractivity contribution in [3.05, 3.63) is 69.8 Å². The lowest BCUT2D eigenvalue weighted by atomic mass is 9.81. The number of benzene rings is 2. The van der Waals surface area contributed by atoms with Gasteiger partial charge in [-0.2, -0.15) is 13.2 Å². The lowest BCUT2D eigenvalue weighted by molar-refractivity contribution is -0.138. The van der Waals surface area contributed by atoms with Crippen molar-refractivity contribution in [2.75, 3.05) is 0 Å². The summed E-state index contributed by atoms with van der Waals surface area (Å²) < 4.78 is 41.1. The Hall–Kier alpha value is -2.63. The van der Waals surface area contributed by atoms with Crippen LogP contribution in [0.2, 0.25) is 0 Å². The topological polar surface area (TPSA) is 38.7 Å². The van der Waals surface area contributed by atoms with E-state index in [1.807, 2.05) is 26.8 Å². The Balaban J connectivity index is 0.00000120. The van der Waals surface area contributed by atoms with Gasteiger partial charge < -0.3 is 4.84 Å². The smallest absolute Gasteiger partial charge is 0.391 e. The van der Waals surface area contributed by atoms with Crippen molar-refractivity contribution < 1.29 is 22.8 Å². The molecule has 0 aliphatic heterocycles. The zero-order valence-electron chi connectivity index (χ0n) is 22.7. The van der Waals surface area contributed by atoms with Crippen LogP contribution in [-0.4, -0.2) is 12.0 Å². The first-order valence-corrected chi connectivity index (χ1v) is 13.2. The number of aldehydes is 1. The molecule has 0 bridgehead atoms. The molecule has 0 radical (unpaired) electrons. The molecule has 2 aromatic rings. The summed E-state index contributed by atoms with van der Waals surface area (Å²) in [7, 11) is 0. The van der Waals surface area contributed by atoms with E-state index >= 15 is 0 Å². The fourth-order valence-corrected chi connectivity index (χ4v) is 4.22. The minimum atomic E-state index is -4.39. The Morgan fingerprint density at radius 1 is 1.03 bits per heavy atom. The number of halogens is 3. The molecule has 1 aliphatic carbocycles. The van der Waals surface area contributed by atoms with E-state index in [1.165, 1.54) is 12.5 Å². The summed E-state index contributed by atoms with van der Waals surface area (Å²) in [5, 5.41) is 4.07. The van der Waals surface area contributed by atoms with Crippen LogP contribution in [-0.2, 0) is 24.0 Å². The quantitative estimate of drug-likeness (QED) is 0.213. The van der Waals surface area contributed by atoms with Crippen molar-refractivity contribution in [3.63, 3.8) is 0 Å². The third-order valence-electron chi connectivity index (χ3n) is 5.97. The number of hydrogen-bond donors (Lipinski definition) is 0. The number of nitrogens with zero attached hydrogens (tertiary/aromatic N) is 1. The fraction of sp³-hybridized carbons (Fsp3) is 0.533. The van der Waals surface area contributed by atoms with Crippen molar-refractivity contribution in [3.8, 4) is 0 Å². The average Bonchev–Trinajstić information content (AvgIpc) is 2.89. The Bertz CT molecular complexity index is 961. The van der Waals surface area contributed by atoms with Gasteiger partial charge >= 0.3 is 6.18 Å². The molecule has 0 amide bonds. The number of carbonyl (C=O) groups is 1. The van der Waals surface area contributed by atoms with E-state index in [2.05, 4.69) is 19.0 Å². The van der Waals surface area contributed by atoms with Crippen LogP contribution < -0.4 is 0 Å². The molecule has 0 saturated heterocycles. The second kappa shape index (κ2) is 16.2. The molecule has 0 heterocycles. The molecule has 200 valence electrons. The van der Waals surface area contributed by atoms with Gasteiger partial charge in [-0.15, -0.1) is 0 Å². The standard InChI is InChI=1S/C25H28F3NO2.C3H8.C2H6/c1-3-19-14-21(10-11-22(19)15-30)17(2)29-31-16-18-9-12-23(20-7-5-4-6-8-20)24(13-18)25(26,27)28;1-3-2;1-2/h9-15,20H,3-8,16H2,1-2H3;3H2,1-2H3;1-2H3/b29-17+;;. The molecule has 1 aliphatic rings. The van der Waals surface area contributed by atoms with Gasteiger partial charge in [0.2, 0.25) is 0 Å². The monoisotopic (exact) mass is 505 g/mol. The van der Waals surface area contributed by atoms with Gasteiger partial charge in [0.15, 0.2) is 0 Å². The van der Waals surface area contributed by atoms with Crippen LogP contribution in [0.5, 0.6) is 0 Å². The van der Waals surface area contributed by atoms with Gasteiger partial charge in [0.1, 0.15) is 12.9 Å². The van der Waals surface area contributed by atoms with Crippen molar-refractivity contribution in [2.24, 2.45) is 5.16 Å². The number of hydrogen-bond acceptors (Lipinski definition) is 3. The van der Waals surface area contributed by atoms with Gasteiger partial charge in [-0.3, -0.25) is 4.79 Å². The molecule has 3 nitrogen and oxygen atoms in total. The summed E-state index contributed by atoms with van der Waals surface area (Å²) in [5.41, 5.74) is 3.24. The highest BCUT2D eigenvalue weighted by Gasteiger charge is 2.35. The molecule has 1 fully saturated rings. The molecule has 0 aromatic heterocycles. The van der Waals surface area contributed by atoms with Crippen LogP contribution in [0.4, 0.5) is 13.2 Å². The third kappa shape index (κ3) is 9.44. The van der Waals surface area contributed by atoms with Gasteiger partial charge in [-0.05, 0) is 66.5 Å². The highest BCUT2D eigenvalue weighted by atomic mass is 19.4. The minimum Gasteiger partial charge on any atom is -0.391 e. The van der Waals surface area contributed by atoms with Gasteiger partial charge in [0.05, 0.1) is 11.3 Å². The van der Waals surface area contributed by atoms with E-state index < -0.39 is 11.7 Å². The molecular formula is C30H42F3NO2. The van der Waals surface area contributed by atoms with E-state index in [4.69, 9.17) is 4.84 Å². The Labute approximate surface area is 215 Å². The summed E-state index contributed by atoms with van der Waals surface area (Å²) in [6.45, 7) is 11.9. The first-order chi connectivity index (χ1) is 17.2. The van der Waals surface area contributed by atoms with Gasteiger partial charge in [0.25, 0.3) is 0 Å². The van der Waals surface area contributed by atoms with E-state index in [1.54, 1.807) is 31.2 Å². The van der Waals surface area contributed by atoms with Crippen LogP contribution in [0.15, 0.2) is 41.6 Å². The number of carbonyl (C=O) groups excluding carboxylic acids is 1. The van der Waals surface area contributed by atoms with E-state index in [9.17, 15) is 18.0 Å². The van der Waals surface area contributed by atoms with Crippen molar-refractivity contribution in [1.82, 2.24) is 0 Å². The number of alkyl halides is 3. The average molecular weight is 506 g/mol. The summed E-state index contributed by atoms with van der Waals surface area (Å²) in [6, 6.07) is 9.92. The first kappa shape index (κ1) is 31.4. The van der Waals surface area contributed by atoms with E-state index in [-0.39, 0.29) is 12.5 Å². The fourth-order valence-electron chi connectivity index (χ4n) is 4.22. The lowest BCUT2D eigenvalue weighted by Gasteiger charge is -2.25. The van der Waals surface area contributed by atoms with Crippen molar-refractivity contribution >= 4 is 12.0 Å². The van der Waals surface area contributed by atoms with Gasteiger partial charge in [-0.1, -0.05) is 89.7 Å². The summed E-state index contributed by atoms with van der Waals surface area (Å²) in [4.78, 5) is 16.5. The largest absolute Gasteiger partial charge is 0.416 e. The normalized spacial score (nSPS) is 14.2. The summed E-state index contributed by atoms with van der Waals surface area (Å²) >= 11 is 0. The van der Waals surface area contributed by atoms with Crippen molar-refractivity contribution in [2.45, 2.75) is 105 Å². The molecule has 0 atom stereocenters. The molecule has 36 heavy (non-hydrogen) atoms. The molecule has 0 unspecified atom stereocenters. The zero-order valence-corrected chi connectivity index (χ0v) is 22.7. The predicted molar refractivity (Wildman–Crippen MR) is 143 cm³/mol. The first-order valence-electron chi connectivity index (χ1n) is 13.2. The van der Waals surface area contributed by atoms with Crippen LogP contribution in [0.1, 0.15) is 124 Å². The molecule has 3 rings (SSSR count). The molecular weight excluding hydrogens is 463 g/mol. The van der Waals surface area contributed by atoms with E-state index in [0.717, 1.165) is 49.5 Å². The summed E-state index contributed by atoms with van der Waals surface area (Å²) in [5.74, 6) is -0.0253. The van der Waals surface area contributed by atoms with E-state index in [0.29, 0.717) is 28.8 Å². The SMILES string of the molecule is CC.CCC.CCc1cc(/C(C)=N/OCc2ccc(C3CCCCC3)c(C(F)(F)F)c2)ccc1C=O. The maximum Gasteiger partial charge on any atom is 0.416 e. The van der Waals surface area contributed by atoms with Gasteiger partial charge in [0, 0.05) is 5.56 Å². The third-order valence-corrected chi connectivity index (χ3v) is 5.97. The number of aryl methyl sites for hydroxylation is 1. The van der Waals surface area contributed by atoms with Crippen LogP contribution in [0, 0.1) is 0 Å². The Kier molecular flexibility index (Phi) is 14.1. The molecule has 2 aromatic carbocycles. The summed E-state index contributed by atoms with van der Waals surface area (Å²) in [6.07, 6.45) is 3.07. The zero-order chi connectivity index (χ0) is 27.1. The predicted octanol–water partition coefficient (Wildman–Crippen LogP) is 9.51.